The van der Waals surface area contributed by atoms with Gasteiger partial charge in [-0.1, -0.05) is 17.7 Å². The van der Waals surface area contributed by atoms with E-state index in [0.717, 1.165) is 5.56 Å². The standard InChI is InChI=1S/C12H18ClNO2S/c1-12(2,3)14-8-9-5-6-10(13)7-11(9)17(4,15)16/h5-7,14H,8H2,1-4H3. The van der Waals surface area contributed by atoms with Crippen molar-refractivity contribution in [2.45, 2.75) is 37.8 Å². The Hall–Kier alpha value is -0.580. The Bertz CT molecular complexity index is 504. The molecule has 0 aliphatic heterocycles. The molecule has 0 aromatic heterocycles. The number of halogens is 1. The Morgan fingerprint density at radius 1 is 1.29 bits per heavy atom. The largest absolute Gasteiger partial charge is 0.308 e. The van der Waals surface area contributed by atoms with E-state index in [1.165, 1.54) is 12.3 Å². The predicted molar refractivity (Wildman–Crippen MR) is 71.2 cm³/mol. The SMILES string of the molecule is CC(C)(C)NCc1ccc(Cl)cc1S(C)(=O)=O. The van der Waals surface area contributed by atoms with Gasteiger partial charge in [0.1, 0.15) is 0 Å². The van der Waals surface area contributed by atoms with Crippen LogP contribution in [0.15, 0.2) is 23.1 Å². The van der Waals surface area contributed by atoms with Gasteiger partial charge in [-0.3, -0.25) is 0 Å². The van der Waals surface area contributed by atoms with Crippen molar-refractivity contribution in [1.29, 1.82) is 0 Å². The highest BCUT2D eigenvalue weighted by atomic mass is 35.5. The predicted octanol–water partition coefficient (Wildman–Crippen LogP) is 2.63. The van der Waals surface area contributed by atoms with Crippen LogP contribution >= 0.6 is 11.6 Å². The van der Waals surface area contributed by atoms with Gasteiger partial charge < -0.3 is 5.32 Å². The highest BCUT2D eigenvalue weighted by molar-refractivity contribution is 7.90. The van der Waals surface area contributed by atoms with E-state index in [4.69, 9.17) is 11.6 Å². The Balaban J connectivity index is 3.08. The average molecular weight is 276 g/mol. The van der Waals surface area contributed by atoms with Gasteiger partial charge in [-0.05, 0) is 38.5 Å². The number of hydrogen-bond donors (Lipinski definition) is 1. The highest BCUT2D eigenvalue weighted by Gasteiger charge is 2.16. The van der Waals surface area contributed by atoms with Crippen LogP contribution in [0.5, 0.6) is 0 Å². The van der Waals surface area contributed by atoms with Crippen LogP contribution in [0.2, 0.25) is 5.02 Å². The number of sulfone groups is 1. The lowest BCUT2D eigenvalue weighted by Gasteiger charge is -2.21. The van der Waals surface area contributed by atoms with E-state index in [1.807, 2.05) is 20.8 Å². The van der Waals surface area contributed by atoms with Gasteiger partial charge in [0.2, 0.25) is 0 Å². The minimum absolute atomic E-state index is 0.0611. The van der Waals surface area contributed by atoms with Crippen molar-refractivity contribution in [3.05, 3.63) is 28.8 Å². The number of benzene rings is 1. The maximum atomic E-state index is 11.6. The van der Waals surface area contributed by atoms with Gasteiger partial charge in [0.15, 0.2) is 9.84 Å². The quantitative estimate of drug-likeness (QED) is 0.922. The minimum atomic E-state index is -3.25. The fraction of sp³-hybridized carbons (Fsp3) is 0.500. The summed E-state index contributed by atoms with van der Waals surface area (Å²) >= 11 is 5.83. The summed E-state index contributed by atoms with van der Waals surface area (Å²) in [7, 11) is -3.25. The van der Waals surface area contributed by atoms with Crippen LogP contribution in [0.3, 0.4) is 0 Å². The van der Waals surface area contributed by atoms with Crippen molar-refractivity contribution in [3.8, 4) is 0 Å². The molecule has 0 unspecified atom stereocenters. The highest BCUT2D eigenvalue weighted by Crippen LogP contribution is 2.21. The second-order valence-corrected chi connectivity index (χ2v) is 7.55. The van der Waals surface area contributed by atoms with Crippen molar-refractivity contribution in [2.24, 2.45) is 0 Å². The van der Waals surface area contributed by atoms with Crippen LogP contribution in [0.1, 0.15) is 26.3 Å². The Labute approximate surface area is 108 Å². The molecule has 0 saturated carbocycles. The smallest absolute Gasteiger partial charge is 0.175 e. The molecule has 0 aliphatic carbocycles. The molecule has 1 aromatic carbocycles. The van der Waals surface area contributed by atoms with Crippen LogP contribution in [-0.2, 0) is 16.4 Å². The van der Waals surface area contributed by atoms with Crippen LogP contribution in [0.4, 0.5) is 0 Å². The van der Waals surface area contributed by atoms with Crippen LogP contribution in [0, 0.1) is 0 Å². The van der Waals surface area contributed by atoms with Gasteiger partial charge in [0.05, 0.1) is 4.90 Å². The first-order chi connectivity index (χ1) is 7.59. The summed E-state index contributed by atoms with van der Waals surface area (Å²) in [4.78, 5) is 0.293. The molecule has 0 aliphatic rings. The molecule has 96 valence electrons. The van der Waals surface area contributed by atoms with Crippen molar-refractivity contribution in [2.75, 3.05) is 6.26 Å². The zero-order valence-electron chi connectivity index (χ0n) is 10.5. The average Bonchev–Trinajstić information content (AvgIpc) is 2.13. The van der Waals surface area contributed by atoms with Gasteiger partial charge in [-0.15, -0.1) is 0 Å². The van der Waals surface area contributed by atoms with Crippen LogP contribution in [-0.4, -0.2) is 20.2 Å². The lowest BCUT2D eigenvalue weighted by molar-refractivity contribution is 0.422. The molecule has 1 N–H and O–H groups in total. The molecule has 0 radical (unpaired) electrons. The molecular weight excluding hydrogens is 258 g/mol. The number of nitrogens with one attached hydrogen (secondary N) is 1. The van der Waals surface area contributed by atoms with Gasteiger partial charge in [0, 0.05) is 23.4 Å². The van der Waals surface area contributed by atoms with E-state index < -0.39 is 9.84 Å². The van der Waals surface area contributed by atoms with E-state index in [2.05, 4.69) is 5.32 Å². The molecule has 0 spiro atoms. The Morgan fingerprint density at radius 3 is 2.35 bits per heavy atom. The third kappa shape index (κ3) is 4.66. The lowest BCUT2D eigenvalue weighted by Crippen LogP contribution is -2.35. The summed E-state index contributed by atoms with van der Waals surface area (Å²) in [6.45, 7) is 6.60. The molecule has 0 bridgehead atoms. The van der Waals surface area contributed by atoms with Gasteiger partial charge in [0.25, 0.3) is 0 Å². The van der Waals surface area contributed by atoms with E-state index in [-0.39, 0.29) is 5.54 Å². The molecule has 5 heteroatoms. The fourth-order valence-electron chi connectivity index (χ4n) is 1.38. The third-order valence-corrected chi connectivity index (χ3v) is 3.65. The van der Waals surface area contributed by atoms with Gasteiger partial charge in [-0.2, -0.15) is 0 Å². The lowest BCUT2D eigenvalue weighted by atomic mass is 10.1. The topological polar surface area (TPSA) is 46.2 Å². The maximum Gasteiger partial charge on any atom is 0.175 e. The molecule has 0 atom stereocenters. The van der Waals surface area contributed by atoms with Crippen molar-refractivity contribution >= 4 is 21.4 Å². The first-order valence-corrected chi connectivity index (χ1v) is 7.60. The maximum absolute atomic E-state index is 11.6. The van der Waals surface area contributed by atoms with E-state index in [1.54, 1.807) is 12.1 Å². The molecule has 1 rings (SSSR count). The summed E-state index contributed by atoms with van der Waals surface area (Å²) in [5.41, 5.74) is 0.681. The molecule has 0 amide bonds. The second kappa shape index (κ2) is 4.96. The van der Waals surface area contributed by atoms with Gasteiger partial charge in [-0.25, -0.2) is 8.42 Å². The Morgan fingerprint density at radius 2 is 1.88 bits per heavy atom. The van der Waals surface area contributed by atoms with E-state index in [9.17, 15) is 8.42 Å². The summed E-state index contributed by atoms with van der Waals surface area (Å²) in [6, 6.07) is 4.95. The third-order valence-electron chi connectivity index (χ3n) is 2.24. The van der Waals surface area contributed by atoms with Crippen LogP contribution < -0.4 is 5.32 Å². The second-order valence-electron chi connectivity index (χ2n) is 5.13. The zero-order chi connectivity index (χ0) is 13.3. The normalized spacial score (nSPS) is 12.8. The zero-order valence-corrected chi connectivity index (χ0v) is 12.1. The molecule has 0 saturated heterocycles. The van der Waals surface area contributed by atoms with Crippen molar-refractivity contribution < 1.29 is 8.42 Å². The molecular formula is C12H18ClNO2S. The molecule has 0 fully saturated rings. The van der Waals surface area contributed by atoms with Crippen molar-refractivity contribution in [1.82, 2.24) is 5.32 Å². The summed E-state index contributed by atoms with van der Waals surface area (Å²) in [5, 5.41) is 3.70. The summed E-state index contributed by atoms with van der Waals surface area (Å²) < 4.78 is 23.3. The summed E-state index contributed by atoms with van der Waals surface area (Å²) in [5.74, 6) is 0. The monoisotopic (exact) mass is 275 g/mol. The first kappa shape index (κ1) is 14.5. The molecule has 17 heavy (non-hydrogen) atoms. The van der Waals surface area contributed by atoms with Gasteiger partial charge >= 0.3 is 0 Å². The molecule has 1 aromatic rings. The number of hydrogen-bond acceptors (Lipinski definition) is 3. The van der Waals surface area contributed by atoms with Crippen LogP contribution in [0.25, 0.3) is 0 Å². The van der Waals surface area contributed by atoms with E-state index in [0.29, 0.717) is 16.5 Å². The first-order valence-electron chi connectivity index (χ1n) is 5.33. The fourth-order valence-corrected chi connectivity index (χ4v) is 2.57. The van der Waals surface area contributed by atoms with E-state index >= 15 is 0 Å². The minimum Gasteiger partial charge on any atom is -0.308 e. The number of rotatable bonds is 3. The van der Waals surface area contributed by atoms with Crippen molar-refractivity contribution in [3.63, 3.8) is 0 Å². The summed E-state index contributed by atoms with van der Waals surface area (Å²) in [6.07, 6.45) is 1.19. The Kier molecular flexibility index (Phi) is 4.23. The molecule has 3 nitrogen and oxygen atoms in total. The molecule has 0 heterocycles.